The molecule has 0 unspecified atom stereocenters. The third kappa shape index (κ3) is 4.17. The molecule has 0 bridgehead atoms. The minimum Gasteiger partial charge on any atom is -0.507 e. The summed E-state index contributed by atoms with van der Waals surface area (Å²) >= 11 is 0. The molecule has 1 aromatic carbocycles. The van der Waals surface area contributed by atoms with Gasteiger partial charge in [0.05, 0.1) is 4.91 Å². The van der Waals surface area contributed by atoms with Crippen molar-refractivity contribution >= 4 is 21.9 Å². The molecule has 0 aliphatic carbocycles. The van der Waals surface area contributed by atoms with Gasteiger partial charge in [0.25, 0.3) is 10.0 Å². The second-order valence-electron chi connectivity index (χ2n) is 9.59. The van der Waals surface area contributed by atoms with Crippen molar-refractivity contribution in [3.8, 4) is 5.75 Å². The molecule has 29 heavy (non-hydrogen) atoms. The van der Waals surface area contributed by atoms with Crippen LogP contribution in [0.1, 0.15) is 64.7 Å². The van der Waals surface area contributed by atoms with Crippen molar-refractivity contribution in [2.45, 2.75) is 58.8 Å². The maximum Gasteiger partial charge on any atom is 0.261 e. The number of hydrogen-bond donors (Lipinski definition) is 1. The molecule has 2 aromatic rings. The number of phenolic OH excluding ortho intramolecular Hbond substituents is 1. The number of sulfonamides is 1. The monoisotopic (exact) mass is 414 g/mol. The van der Waals surface area contributed by atoms with Crippen LogP contribution in [-0.2, 0) is 20.9 Å². The van der Waals surface area contributed by atoms with Crippen LogP contribution in [0.15, 0.2) is 41.4 Å². The molecule has 0 radical (unpaired) electrons. The molecule has 2 heterocycles. The summed E-state index contributed by atoms with van der Waals surface area (Å²) in [6.45, 7) is 12.6. The molecule has 0 atom stereocenters. The Kier molecular flexibility index (Phi) is 5.28. The van der Waals surface area contributed by atoms with Gasteiger partial charge in [0.1, 0.15) is 11.6 Å². The molecule has 5 nitrogen and oxygen atoms in total. The summed E-state index contributed by atoms with van der Waals surface area (Å²) in [5.41, 5.74) is 1.88. The fourth-order valence-electron chi connectivity index (χ4n) is 3.56. The predicted molar refractivity (Wildman–Crippen MR) is 119 cm³/mol. The van der Waals surface area contributed by atoms with Crippen molar-refractivity contribution in [2.75, 3.05) is 10.8 Å². The molecule has 1 saturated heterocycles. The lowest BCUT2D eigenvalue weighted by molar-refractivity contribution is 0.423. The molecule has 0 spiro atoms. The molecule has 1 N–H and O–H groups in total. The normalized spacial score (nSPS) is 18.4. The van der Waals surface area contributed by atoms with E-state index >= 15 is 0 Å². The second-order valence-corrected chi connectivity index (χ2v) is 11.5. The Morgan fingerprint density at radius 2 is 1.62 bits per heavy atom. The highest BCUT2D eigenvalue weighted by Crippen LogP contribution is 2.41. The quantitative estimate of drug-likeness (QED) is 0.754. The van der Waals surface area contributed by atoms with Crippen molar-refractivity contribution in [3.05, 3.63) is 58.1 Å². The zero-order chi connectivity index (χ0) is 21.6. The van der Waals surface area contributed by atoms with Gasteiger partial charge in [-0.2, -0.15) is 0 Å². The van der Waals surface area contributed by atoms with Gasteiger partial charge in [-0.15, -0.1) is 0 Å². The first-order chi connectivity index (χ1) is 13.3. The summed E-state index contributed by atoms with van der Waals surface area (Å²) < 4.78 is 27.5. The van der Waals surface area contributed by atoms with Crippen molar-refractivity contribution in [1.29, 1.82) is 0 Å². The topological polar surface area (TPSA) is 70.5 Å². The molecular weight excluding hydrogens is 384 g/mol. The number of aromatic hydroxyl groups is 1. The van der Waals surface area contributed by atoms with Gasteiger partial charge in [0.2, 0.25) is 0 Å². The number of anilines is 1. The number of pyridine rings is 1. The third-order valence-corrected chi connectivity index (χ3v) is 7.10. The molecule has 0 amide bonds. The van der Waals surface area contributed by atoms with E-state index in [-0.39, 0.29) is 16.6 Å². The molecule has 6 heteroatoms. The number of phenols is 1. The van der Waals surface area contributed by atoms with Crippen LogP contribution in [-0.4, -0.2) is 25.1 Å². The first-order valence-electron chi connectivity index (χ1n) is 9.84. The Bertz CT molecular complexity index is 1010. The van der Waals surface area contributed by atoms with Gasteiger partial charge in [-0.05, 0) is 46.7 Å². The number of aromatic nitrogens is 1. The SMILES string of the molecule is CC(C)(C)c1cc(/C=C2/CCN(c3ccccn3)S2(=O)=O)cc(C(C)(C)C)c1O. The van der Waals surface area contributed by atoms with Crippen molar-refractivity contribution in [3.63, 3.8) is 0 Å². The molecule has 1 aliphatic heterocycles. The van der Waals surface area contributed by atoms with Gasteiger partial charge >= 0.3 is 0 Å². The number of nitrogens with zero attached hydrogens (tertiary/aromatic N) is 2. The fraction of sp³-hybridized carbons (Fsp3) is 0.435. The zero-order valence-electron chi connectivity index (χ0n) is 18.0. The van der Waals surface area contributed by atoms with Crippen molar-refractivity contribution in [1.82, 2.24) is 4.98 Å². The van der Waals surface area contributed by atoms with Crippen LogP contribution >= 0.6 is 0 Å². The largest absolute Gasteiger partial charge is 0.507 e. The fourth-order valence-corrected chi connectivity index (χ4v) is 5.16. The molecule has 1 fully saturated rings. The van der Waals surface area contributed by atoms with E-state index in [4.69, 9.17) is 0 Å². The highest BCUT2D eigenvalue weighted by molar-refractivity contribution is 7.97. The summed E-state index contributed by atoms with van der Waals surface area (Å²) in [4.78, 5) is 4.56. The standard InChI is InChI=1S/C23H30N2O3S/c1-22(2,3)18-14-16(15-19(21(18)26)23(4,5)6)13-17-10-12-25(29(17,27)28)20-9-7-8-11-24-20/h7-9,11,13-15,26H,10,12H2,1-6H3/b17-13-. The van der Waals surface area contributed by atoms with E-state index in [9.17, 15) is 13.5 Å². The summed E-state index contributed by atoms with van der Waals surface area (Å²) in [5, 5.41) is 10.9. The highest BCUT2D eigenvalue weighted by Gasteiger charge is 2.35. The highest BCUT2D eigenvalue weighted by atomic mass is 32.2. The van der Waals surface area contributed by atoms with E-state index in [0.29, 0.717) is 23.7 Å². The molecule has 156 valence electrons. The van der Waals surface area contributed by atoms with E-state index in [1.54, 1.807) is 30.5 Å². The average Bonchev–Trinajstić information content (AvgIpc) is 2.89. The third-order valence-electron chi connectivity index (χ3n) is 5.16. The van der Waals surface area contributed by atoms with Crippen LogP contribution < -0.4 is 4.31 Å². The Hall–Kier alpha value is -2.34. The van der Waals surface area contributed by atoms with Gasteiger partial charge in [0, 0.05) is 30.3 Å². The van der Waals surface area contributed by atoms with Crippen LogP contribution in [0.25, 0.3) is 6.08 Å². The lowest BCUT2D eigenvalue weighted by atomic mass is 9.78. The Balaban J connectivity index is 2.11. The molecule has 1 aromatic heterocycles. The van der Waals surface area contributed by atoms with E-state index in [0.717, 1.165) is 16.7 Å². The molecular formula is C23H30N2O3S. The maximum atomic E-state index is 13.1. The molecule has 0 saturated carbocycles. The summed E-state index contributed by atoms with van der Waals surface area (Å²) in [6.07, 6.45) is 3.76. The Labute approximate surface area is 174 Å². The van der Waals surface area contributed by atoms with E-state index in [1.165, 1.54) is 4.31 Å². The molecule has 3 rings (SSSR count). The lowest BCUT2D eigenvalue weighted by Gasteiger charge is -2.28. The van der Waals surface area contributed by atoms with Gasteiger partial charge in [-0.1, -0.05) is 47.6 Å². The second kappa shape index (κ2) is 7.17. The summed E-state index contributed by atoms with van der Waals surface area (Å²) in [6, 6.07) is 9.05. The van der Waals surface area contributed by atoms with Crippen molar-refractivity contribution < 1.29 is 13.5 Å². The minimum absolute atomic E-state index is 0.271. The van der Waals surface area contributed by atoms with E-state index < -0.39 is 10.0 Å². The van der Waals surface area contributed by atoms with Gasteiger partial charge < -0.3 is 5.11 Å². The number of benzene rings is 1. The molecule has 1 aliphatic rings. The van der Waals surface area contributed by atoms with E-state index in [1.807, 2.05) is 53.7 Å². The van der Waals surface area contributed by atoms with Crippen LogP contribution in [0.5, 0.6) is 5.75 Å². The Morgan fingerprint density at radius 3 is 2.10 bits per heavy atom. The van der Waals surface area contributed by atoms with Gasteiger partial charge in [-0.25, -0.2) is 17.7 Å². The van der Waals surface area contributed by atoms with Crippen LogP contribution in [0.4, 0.5) is 5.82 Å². The zero-order valence-corrected chi connectivity index (χ0v) is 18.8. The van der Waals surface area contributed by atoms with Crippen LogP contribution in [0.2, 0.25) is 0 Å². The predicted octanol–water partition coefficient (Wildman–Crippen LogP) is 4.96. The van der Waals surface area contributed by atoms with Gasteiger partial charge in [0.15, 0.2) is 0 Å². The summed E-state index contributed by atoms with van der Waals surface area (Å²) in [7, 11) is -3.62. The number of rotatable bonds is 2. The summed E-state index contributed by atoms with van der Waals surface area (Å²) in [5.74, 6) is 0.726. The lowest BCUT2D eigenvalue weighted by Crippen LogP contribution is -2.25. The first kappa shape index (κ1) is 21.4. The maximum absolute atomic E-state index is 13.1. The minimum atomic E-state index is -3.62. The first-order valence-corrected chi connectivity index (χ1v) is 11.3. The van der Waals surface area contributed by atoms with E-state index in [2.05, 4.69) is 4.98 Å². The van der Waals surface area contributed by atoms with Gasteiger partial charge in [-0.3, -0.25) is 0 Å². The van der Waals surface area contributed by atoms with Crippen LogP contribution in [0.3, 0.4) is 0 Å². The smallest absolute Gasteiger partial charge is 0.261 e. The Morgan fingerprint density at radius 1 is 1.03 bits per heavy atom. The van der Waals surface area contributed by atoms with Crippen molar-refractivity contribution in [2.24, 2.45) is 0 Å². The average molecular weight is 415 g/mol. The van der Waals surface area contributed by atoms with Crippen LogP contribution in [0, 0.1) is 0 Å². The number of hydrogen-bond acceptors (Lipinski definition) is 4.